The Morgan fingerprint density at radius 1 is 1.39 bits per heavy atom. The van der Waals surface area contributed by atoms with Crippen molar-refractivity contribution in [3.8, 4) is 5.75 Å². The van der Waals surface area contributed by atoms with Crippen LogP contribution in [0.15, 0.2) is 18.2 Å². The van der Waals surface area contributed by atoms with E-state index in [4.69, 9.17) is 10.2 Å². The molecule has 0 saturated carbocycles. The second kappa shape index (κ2) is 5.21. The lowest BCUT2D eigenvalue weighted by Gasteiger charge is -2.16. The Morgan fingerprint density at radius 3 is 2.50 bits per heavy atom. The average Bonchev–Trinajstić information content (AvgIpc) is 2.24. The molecule has 4 nitrogen and oxygen atoms in total. The van der Waals surface area contributed by atoms with Crippen molar-refractivity contribution in [3.63, 3.8) is 0 Å². The molecule has 100 valence electrons. The molecule has 1 aromatic rings. The number of aromatic carboxylic acids is 1. The molecule has 0 aliphatic heterocycles. The van der Waals surface area contributed by atoms with Gasteiger partial charge in [0.1, 0.15) is 23.7 Å². The number of halogens is 4. The molecule has 1 aromatic carbocycles. The van der Waals surface area contributed by atoms with Crippen molar-refractivity contribution in [1.29, 1.82) is 0 Å². The van der Waals surface area contributed by atoms with Crippen LogP contribution in [-0.2, 0) is 0 Å². The van der Waals surface area contributed by atoms with Crippen LogP contribution in [-0.4, -0.2) is 35.1 Å². The molecule has 1 atom stereocenters. The number of rotatable bonds is 4. The zero-order chi connectivity index (χ0) is 13.9. The highest BCUT2D eigenvalue weighted by Gasteiger charge is 2.38. The van der Waals surface area contributed by atoms with Gasteiger partial charge >= 0.3 is 12.1 Å². The second-order valence-electron chi connectivity index (χ2n) is 3.31. The third-order valence-corrected chi connectivity index (χ3v) is 1.95. The molecule has 1 unspecified atom stereocenters. The predicted molar refractivity (Wildman–Crippen MR) is 50.9 cm³/mol. The van der Waals surface area contributed by atoms with E-state index in [2.05, 4.69) is 4.74 Å². The van der Waals surface area contributed by atoms with Gasteiger partial charge in [0.25, 0.3) is 0 Å². The maximum Gasteiger partial charge on any atom is 0.417 e. The van der Waals surface area contributed by atoms with Crippen LogP contribution in [0.4, 0.5) is 17.6 Å². The molecule has 0 radical (unpaired) electrons. The fourth-order valence-corrected chi connectivity index (χ4v) is 1.06. The summed E-state index contributed by atoms with van der Waals surface area (Å²) in [4.78, 5) is 10.7. The summed E-state index contributed by atoms with van der Waals surface area (Å²) in [5.41, 5.74) is -0.495. The Balaban J connectivity index is 2.84. The van der Waals surface area contributed by atoms with Crippen molar-refractivity contribution >= 4 is 5.97 Å². The summed E-state index contributed by atoms with van der Waals surface area (Å²) < 4.78 is 53.2. The van der Waals surface area contributed by atoms with Crippen molar-refractivity contribution in [1.82, 2.24) is 0 Å². The maximum atomic E-state index is 12.8. The summed E-state index contributed by atoms with van der Waals surface area (Å²) in [6.07, 6.45) is -7.67. The summed E-state index contributed by atoms with van der Waals surface area (Å²) in [6, 6.07) is 2.32. The first-order valence-electron chi connectivity index (χ1n) is 4.62. The fourth-order valence-electron chi connectivity index (χ4n) is 1.06. The van der Waals surface area contributed by atoms with Crippen LogP contribution in [0.2, 0.25) is 0 Å². The largest absolute Gasteiger partial charge is 0.490 e. The summed E-state index contributed by atoms with van der Waals surface area (Å²) in [7, 11) is 0. The minimum absolute atomic E-state index is 0.495. The number of benzene rings is 1. The quantitative estimate of drug-likeness (QED) is 0.817. The predicted octanol–water partition coefficient (Wildman–Crippen LogP) is 1.83. The van der Waals surface area contributed by atoms with Gasteiger partial charge in [-0.3, -0.25) is 0 Å². The minimum atomic E-state index is -4.89. The summed E-state index contributed by atoms with van der Waals surface area (Å²) in [5, 5.41) is 17.3. The van der Waals surface area contributed by atoms with Gasteiger partial charge in [-0.15, -0.1) is 0 Å². The lowest BCUT2D eigenvalue weighted by Crippen LogP contribution is -2.34. The Hall–Kier alpha value is -1.83. The molecule has 1 rings (SSSR count). The molecule has 8 heteroatoms. The number of hydrogen-bond acceptors (Lipinski definition) is 3. The summed E-state index contributed by atoms with van der Waals surface area (Å²) >= 11 is 0. The van der Waals surface area contributed by atoms with Gasteiger partial charge in [0.2, 0.25) is 0 Å². The lowest BCUT2D eigenvalue weighted by atomic mass is 10.2. The molecule has 0 amide bonds. The second-order valence-corrected chi connectivity index (χ2v) is 3.31. The highest BCUT2D eigenvalue weighted by Crippen LogP contribution is 2.24. The SMILES string of the molecule is O=C(O)c1ccc(F)cc1OCC(O)C(F)(F)F. The zero-order valence-electron chi connectivity index (χ0n) is 8.74. The van der Waals surface area contributed by atoms with Crippen molar-refractivity contribution in [2.45, 2.75) is 12.3 Å². The van der Waals surface area contributed by atoms with Crippen LogP contribution in [0, 0.1) is 5.82 Å². The van der Waals surface area contributed by atoms with E-state index in [1.54, 1.807) is 0 Å². The smallest absolute Gasteiger partial charge is 0.417 e. The summed E-state index contributed by atoms with van der Waals surface area (Å²) in [5.74, 6) is -2.92. The van der Waals surface area contributed by atoms with Gasteiger partial charge in [-0.25, -0.2) is 9.18 Å². The van der Waals surface area contributed by atoms with E-state index in [0.717, 1.165) is 12.1 Å². The Morgan fingerprint density at radius 2 is 2.00 bits per heavy atom. The van der Waals surface area contributed by atoms with E-state index in [1.165, 1.54) is 0 Å². The third kappa shape index (κ3) is 3.59. The van der Waals surface area contributed by atoms with Crippen molar-refractivity contribution in [2.24, 2.45) is 0 Å². The minimum Gasteiger partial charge on any atom is -0.490 e. The number of aliphatic hydroxyl groups is 1. The topological polar surface area (TPSA) is 66.8 Å². The van der Waals surface area contributed by atoms with E-state index in [-0.39, 0.29) is 0 Å². The first-order valence-corrected chi connectivity index (χ1v) is 4.62. The van der Waals surface area contributed by atoms with Crippen LogP contribution in [0.1, 0.15) is 10.4 Å². The Labute approximate surface area is 98.4 Å². The number of ether oxygens (including phenoxy) is 1. The molecule has 0 aromatic heterocycles. The van der Waals surface area contributed by atoms with E-state index in [0.29, 0.717) is 6.07 Å². The van der Waals surface area contributed by atoms with Crippen LogP contribution in [0.3, 0.4) is 0 Å². The molecular formula is C10H8F4O4. The van der Waals surface area contributed by atoms with Gasteiger partial charge in [0.05, 0.1) is 0 Å². The van der Waals surface area contributed by atoms with Gasteiger partial charge in [0.15, 0.2) is 6.10 Å². The molecule has 0 aliphatic carbocycles. The summed E-state index contributed by atoms with van der Waals surface area (Å²) in [6.45, 7) is -1.22. The maximum absolute atomic E-state index is 12.8. The molecule has 0 fully saturated rings. The van der Waals surface area contributed by atoms with Crippen LogP contribution in [0.25, 0.3) is 0 Å². The molecule has 2 N–H and O–H groups in total. The highest BCUT2D eigenvalue weighted by atomic mass is 19.4. The number of hydrogen-bond donors (Lipinski definition) is 2. The molecule has 0 spiro atoms. The standard InChI is InChI=1S/C10H8F4O4/c11-5-1-2-6(9(16)17)7(3-5)18-4-8(15)10(12,13)14/h1-3,8,15H,4H2,(H,16,17). The van der Waals surface area contributed by atoms with Crippen LogP contribution in [0.5, 0.6) is 5.75 Å². The highest BCUT2D eigenvalue weighted by molar-refractivity contribution is 5.90. The van der Waals surface area contributed by atoms with E-state index >= 15 is 0 Å². The van der Waals surface area contributed by atoms with Crippen molar-refractivity contribution in [2.75, 3.05) is 6.61 Å². The van der Waals surface area contributed by atoms with Gasteiger partial charge in [-0.05, 0) is 12.1 Å². The van der Waals surface area contributed by atoms with Crippen molar-refractivity contribution < 1.29 is 37.3 Å². The normalized spacial score (nSPS) is 13.2. The average molecular weight is 268 g/mol. The van der Waals surface area contributed by atoms with Gasteiger partial charge in [-0.2, -0.15) is 13.2 Å². The molecular weight excluding hydrogens is 260 g/mol. The van der Waals surface area contributed by atoms with Crippen LogP contribution >= 0.6 is 0 Å². The van der Waals surface area contributed by atoms with E-state index in [9.17, 15) is 22.4 Å². The monoisotopic (exact) mass is 268 g/mol. The molecule has 0 aliphatic rings. The number of carboxylic acids is 1. The first-order chi connectivity index (χ1) is 8.21. The Bertz CT molecular complexity index is 444. The third-order valence-electron chi connectivity index (χ3n) is 1.95. The molecule has 0 saturated heterocycles. The number of alkyl halides is 3. The number of carbonyl (C=O) groups is 1. The lowest BCUT2D eigenvalue weighted by molar-refractivity contribution is -0.210. The van der Waals surface area contributed by atoms with Crippen LogP contribution < -0.4 is 4.74 Å². The molecule has 0 bridgehead atoms. The van der Waals surface area contributed by atoms with Gasteiger partial charge < -0.3 is 14.9 Å². The van der Waals surface area contributed by atoms with Crippen molar-refractivity contribution in [3.05, 3.63) is 29.6 Å². The number of aliphatic hydroxyl groups excluding tert-OH is 1. The molecule has 0 heterocycles. The fraction of sp³-hybridized carbons (Fsp3) is 0.300. The number of carboxylic acid groups (broad SMARTS) is 1. The zero-order valence-corrected chi connectivity index (χ0v) is 8.74. The van der Waals surface area contributed by atoms with Gasteiger partial charge in [-0.1, -0.05) is 0 Å². The van der Waals surface area contributed by atoms with E-state index < -0.39 is 42.0 Å². The van der Waals surface area contributed by atoms with E-state index in [1.807, 2.05) is 0 Å². The molecule has 18 heavy (non-hydrogen) atoms. The van der Waals surface area contributed by atoms with Gasteiger partial charge in [0, 0.05) is 6.07 Å². The Kier molecular flexibility index (Phi) is 4.12. The first kappa shape index (κ1) is 14.2.